The van der Waals surface area contributed by atoms with Gasteiger partial charge in [-0.1, -0.05) is 54.6 Å². The maximum absolute atomic E-state index is 13.2. The molecule has 0 atom stereocenters. The number of amides is 1. The molecule has 0 saturated heterocycles. The third-order valence-electron chi connectivity index (χ3n) is 5.90. The number of carbonyl (C=O) groups is 1. The third kappa shape index (κ3) is 4.17. The lowest BCUT2D eigenvalue weighted by atomic mass is 10.0. The summed E-state index contributed by atoms with van der Waals surface area (Å²) in [5.74, 6) is 1.62. The maximum atomic E-state index is 13.2. The second-order valence-corrected chi connectivity index (χ2v) is 7.97. The first kappa shape index (κ1) is 20.1. The van der Waals surface area contributed by atoms with Crippen molar-refractivity contribution in [3.63, 3.8) is 0 Å². The molecule has 2 heterocycles. The lowest BCUT2D eigenvalue weighted by molar-refractivity contribution is 0.0758. The molecule has 0 spiro atoms. The Morgan fingerprint density at radius 3 is 2.22 bits per heavy atom. The number of aromatic nitrogens is 3. The van der Waals surface area contributed by atoms with Crippen molar-refractivity contribution in [1.82, 2.24) is 19.7 Å². The van der Waals surface area contributed by atoms with Gasteiger partial charge in [0.2, 0.25) is 0 Å². The van der Waals surface area contributed by atoms with Gasteiger partial charge >= 0.3 is 0 Å². The van der Waals surface area contributed by atoms with Crippen LogP contribution in [0.2, 0.25) is 0 Å². The zero-order valence-corrected chi connectivity index (χ0v) is 17.6. The molecule has 1 amide bonds. The van der Waals surface area contributed by atoms with Crippen molar-refractivity contribution in [1.29, 1.82) is 0 Å². The van der Waals surface area contributed by atoms with E-state index in [0.717, 1.165) is 29.2 Å². The highest BCUT2D eigenvalue weighted by atomic mass is 19.1. The number of hydrogen-bond donors (Lipinski definition) is 0. The first-order chi connectivity index (χ1) is 15.7. The minimum Gasteiger partial charge on any atom is -0.336 e. The van der Waals surface area contributed by atoms with Gasteiger partial charge in [-0.05, 0) is 41.0 Å². The fourth-order valence-corrected chi connectivity index (χ4v) is 4.13. The van der Waals surface area contributed by atoms with Gasteiger partial charge in [0.25, 0.3) is 5.91 Å². The molecule has 0 unspecified atom stereocenters. The quantitative estimate of drug-likeness (QED) is 0.487. The normalized spacial score (nSPS) is 13.5. The Balaban J connectivity index is 1.28. The number of carbonyl (C=O) groups excluding carboxylic acids is 1. The van der Waals surface area contributed by atoms with Crippen LogP contribution in [0.1, 0.15) is 27.6 Å². The zero-order valence-electron chi connectivity index (χ0n) is 17.6. The summed E-state index contributed by atoms with van der Waals surface area (Å²) in [6.07, 6.45) is 1.41. The van der Waals surface area contributed by atoms with Crippen molar-refractivity contribution >= 4 is 5.91 Å². The summed E-state index contributed by atoms with van der Waals surface area (Å²) >= 11 is 0. The molecule has 32 heavy (non-hydrogen) atoms. The monoisotopic (exact) mass is 426 g/mol. The fourth-order valence-electron chi connectivity index (χ4n) is 4.13. The van der Waals surface area contributed by atoms with Gasteiger partial charge in [0.1, 0.15) is 17.5 Å². The zero-order chi connectivity index (χ0) is 21.9. The summed E-state index contributed by atoms with van der Waals surface area (Å²) in [6, 6.07) is 24.1. The highest BCUT2D eigenvalue weighted by Gasteiger charge is 2.22. The molecule has 3 aromatic carbocycles. The molecule has 0 N–H and O–H groups in total. The molecular weight excluding hydrogens is 403 g/mol. The van der Waals surface area contributed by atoms with Crippen LogP contribution in [-0.2, 0) is 19.4 Å². The summed E-state index contributed by atoms with van der Waals surface area (Å²) in [5.41, 5.74) is 3.72. The van der Waals surface area contributed by atoms with E-state index in [2.05, 4.69) is 26.9 Å². The van der Waals surface area contributed by atoms with Crippen LogP contribution in [0.4, 0.5) is 4.39 Å². The molecule has 1 aliphatic rings. The lowest BCUT2D eigenvalue weighted by Crippen LogP contribution is -2.33. The van der Waals surface area contributed by atoms with Crippen LogP contribution in [-0.4, -0.2) is 38.7 Å². The number of benzene rings is 3. The second-order valence-electron chi connectivity index (χ2n) is 7.97. The van der Waals surface area contributed by atoms with Gasteiger partial charge in [-0.2, -0.15) is 0 Å². The van der Waals surface area contributed by atoms with E-state index in [1.165, 1.54) is 17.7 Å². The average molecular weight is 426 g/mol. The second kappa shape index (κ2) is 8.75. The standard InChI is InChI=1S/C26H23FN4O/c27-23-12-10-21(11-13-23)20-6-8-22(9-7-20)26(32)30-15-14-24-28-29-25(31(24)17-16-30)18-19-4-2-1-3-5-19/h1-13H,14-18H2. The molecule has 0 bridgehead atoms. The first-order valence-electron chi connectivity index (χ1n) is 10.8. The van der Waals surface area contributed by atoms with Gasteiger partial charge < -0.3 is 9.47 Å². The molecule has 0 radical (unpaired) electrons. The maximum Gasteiger partial charge on any atom is 0.253 e. The van der Waals surface area contributed by atoms with Gasteiger partial charge in [-0.15, -0.1) is 10.2 Å². The molecule has 5 nitrogen and oxygen atoms in total. The van der Waals surface area contributed by atoms with Crippen LogP contribution in [0.15, 0.2) is 78.9 Å². The van der Waals surface area contributed by atoms with Crippen molar-refractivity contribution in [3.05, 3.63) is 107 Å². The van der Waals surface area contributed by atoms with Crippen molar-refractivity contribution < 1.29 is 9.18 Å². The number of hydrogen-bond acceptors (Lipinski definition) is 3. The Kier molecular flexibility index (Phi) is 5.50. The largest absolute Gasteiger partial charge is 0.336 e. The van der Waals surface area contributed by atoms with E-state index in [1.54, 1.807) is 12.1 Å². The molecular formula is C26H23FN4O. The number of nitrogens with zero attached hydrogens (tertiary/aromatic N) is 4. The highest BCUT2D eigenvalue weighted by Crippen LogP contribution is 2.21. The third-order valence-corrected chi connectivity index (χ3v) is 5.90. The van der Waals surface area contributed by atoms with Crippen molar-refractivity contribution in [2.75, 3.05) is 13.1 Å². The summed E-state index contributed by atoms with van der Waals surface area (Å²) < 4.78 is 15.3. The van der Waals surface area contributed by atoms with Crippen molar-refractivity contribution in [2.24, 2.45) is 0 Å². The van der Waals surface area contributed by atoms with Gasteiger partial charge in [0.05, 0.1) is 0 Å². The molecule has 1 aliphatic heterocycles. The Labute approximate surface area is 186 Å². The topological polar surface area (TPSA) is 51.0 Å². The van der Waals surface area contributed by atoms with Gasteiger partial charge in [0, 0.05) is 38.0 Å². The first-order valence-corrected chi connectivity index (χ1v) is 10.8. The smallest absolute Gasteiger partial charge is 0.253 e. The lowest BCUT2D eigenvalue weighted by Gasteiger charge is -2.20. The molecule has 6 heteroatoms. The van der Waals surface area contributed by atoms with E-state index in [-0.39, 0.29) is 11.7 Å². The summed E-state index contributed by atoms with van der Waals surface area (Å²) in [4.78, 5) is 15.0. The number of fused-ring (bicyclic) bond motifs is 1. The molecule has 0 aliphatic carbocycles. The van der Waals surface area contributed by atoms with Crippen molar-refractivity contribution in [2.45, 2.75) is 19.4 Å². The Morgan fingerprint density at radius 1 is 0.812 bits per heavy atom. The van der Waals surface area contributed by atoms with Crippen LogP contribution in [0.5, 0.6) is 0 Å². The number of halogens is 1. The van der Waals surface area contributed by atoms with Gasteiger partial charge in [-0.25, -0.2) is 4.39 Å². The van der Waals surface area contributed by atoms with E-state index in [9.17, 15) is 9.18 Å². The summed E-state index contributed by atoms with van der Waals surface area (Å²) in [6.45, 7) is 1.91. The molecule has 0 saturated carbocycles. The van der Waals surface area contributed by atoms with Crippen LogP contribution in [0, 0.1) is 5.82 Å². The summed E-state index contributed by atoms with van der Waals surface area (Å²) in [5, 5.41) is 8.77. The van der Waals surface area contributed by atoms with Crippen LogP contribution < -0.4 is 0 Å². The minimum absolute atomic E-state index is 0.0129. The van der Waals surface area contributed by atoms with E-state index < -0.39 is 0 Å². The summed E-state index contributed by atoms with van der Waals surface area (Å²) in [7, 11) is 0. The predicted molar refractivity (Wildman–Crippen MR) is 121 cm³/mol. The SMILES string of the molecule is O=C(c1ccc(-c2ccc(F)cc2)cc1)N1CCc2nnc(Cc3ccccc3)n2CC1. The Bertz CT molecular complexity index is 1220. The average Bonchev–Trinajstić information content (AvgIpc) is 3.08. The molecule has 5 rings (SSSR count). The van der Waals surface area contributed by atoms with Gasteiger partial charge in [0.15, 0.2) is 0 Å². The van der Waals surface area contributed by atoms with E-state index in [1.807, 2.05) is 47.4 Å². The van der Waals surface area contributed by atoms with E-state index >= 15 is 0 Å². The minimum atomic E-state index is -0.260. The van der Waals surface area contributed by atoms with Gasteiger partial charge in [-0.3, -0.25) is 4.79 Å². The predicted octanol–water partition coefficient (Wildman–Crippen LogP) is 4.37. The van der Waals surface area contributed by atoms with Crippen LogP contribution >= 0.6 is 0 Å². The van der Waals surface area contributed by atoms with E-state index in [4.69, 9.17) is 0 Å². The Morgan fingerprint density at radius 2 is 1.50 bits per heavy atom. The van der Waals surface area contributed by atoms with Crippen LogP contribution in [0.3, 0.4) is 0 Å². The molecule has 160 valence electrons. The van der Waals surface area contributed by atoms with E-state index in [0.29, 0.717) is 31.6 Å². The highest BCUT2D eigenvalue weighted by molar-refractivity contribution is 5.94. The Hall–Kier alpha value is -3.80. The number of rotatable bonds is 4. The molecule has 4 aromatic rings. The fraction of sp³-hybridized carbons (Fsp3) is 0.192. The molecule has 1 aromatic heterocycles. The molecule has 0 fully saturated rings. The van der Waals surface area contributed by atoms with Crippen LogP contribution in [0.25, 0.3) is 11.1 Å². The van der Waals surface area contributed by atoms with Crippen molar-refractivity contribution in [3.8, 4) is 11.1 Å².